The highest BCUT2D eigenvalue weighted by Gasteiger charge is 2.57. The van der Waals surface area contributed by atoms with E-state index in [2.05, 4.69) is 13.2 Å². The van der Waals surface area contributed by atoms with Gasteiger partial charge in [-0.1, -0.05) is 121 Å². The largest absolute Gasteiger partial charge is 0.295 e. The molecule has 0 bridgehead atoms. The van der Waals surface area contributed by atoms with Gasteiger partial charge in [-0.3, -0.25) is 9.59 Å². The van der Waals surface area contributed by atoms with E-state index in [0.717, 1.165) is 33.4 Å². The van der Waals surface area contributed by atoms with Gasteiger partial charge in [-0.15, -0.1) is 0 Å². The number of sulfonamides is 2. The number of rotatable bonds is 8. The topological polar surface area (TPSA) is 109 Å². The third-order valence-corrected chi connectivity index (χ3v) is 16.7. The highest BCUT2D eigenvalue weighted by molar-refractivity contribution is 7.89. The van der Waals surface area contributed by atoms with Crippen molar-refractivity contribution in [2.24, 2.45) is 23.7 Å². The molecule has 6 atom stereocenters. The van der Waals surface area contributed by atoms with Crippen LogP contribution in [0.15, 0.2) is 156 Å². The van der Waals surface area contributed by atoms with E-state index in [0.29, 0.717) is 25.9 Å². The molecule has 0 spiro atoms. The Hall–Kier alpha value is -5.00. The predicted octanol–water partition coefficient (Wildman–Crippen LogP) is 8.47. The number of ketones is 2. The van der Waals surface area contributed by atoms with Crippen molar-refractivity contribution in [2.75, 3.05) is 13.1 Å². The number of hydrogen-bond acceptors (Lipinski definition) is 6. The minimum absolute atomic E-state index is 0.0351. The lowest BCUT2D eigenvalue weighted by atomic mass is 9.72. The van der Waals surface area contributed by atoms with Gasteiger partial charge in [0.1, 0.15) is 0 Å². The Kier molecular flexibility index (Phi) is 11.1. The molecule has 8 nitrogen and oxygen atoms in total. The molecule has 0 amide bonds. The van der Waals surface area contributed by atoms with Crippen LogP contribution in [0.1, 0.15) is 48.9 Å². The second-order valence-electron chi connectivity index (χ2n) is 16.4. The Morgan fingerprint density at radius 1 is 0.552 bits per heavy atom. The van der Waals surface area contributed by atoms with E-state index in [-0.39, 0.29) is 45.0 Å². The van der Waals surface area contributed by atoms with Crippen LogP contribution in [0, 0.1) is 37.5 Å². The molecule has 0 N–H and O–H groups in total. The molecule has 300 valence electrons. The van der Waals surface area contributed by atoms with Gasteiger partial charge in [-0.05, 0) is 98.2 Å². The van der Waals surface area contributed by atoms with Gasteiger partial charge in [-0.25, -0.2) is 16.8 Å². The average molecular weight is 815 g/mol. The van der Waals surface area contributed by atoms with Gasteiger partial charge in [0.25, 0.3) is 0 Å². The molecule has 4 aliphatic rings. The molecule has 8 rings (SSSR count). The zero-order chi connectivity index (χ0) is 41.6. The summed E-state index contributed by atoms with van der Waals surface area (Å²) in [6.07, 6.45) is 7.25. The van der Waals surface area contributed by atoms with Crippen molar-refractivity contribution < 1.29 is 26.4 Å². The van der Waals surface area contributed by atoms with Crippen molar-refractivity contribution in [3.63, 3.8) is 0 Å². The lowest BCUT2D eigenvalue weighted by Crippen LogP contribution is -2.48. The van der Waals surface area contributed by atoms with E-state index in [1.54, 1.807) is 45.0 Å². The van der Waals surface area contributed by atoms with Gasteiger partial charge in [0, 0.05) is 37.8 Å². The molecule has 4 aromatic rings. The number of nitrogens with zero attached hydrogens (tertiary/aromatic N) is 2. The average Bonchev–Trinajstić information content (AvgIpc) is 3.70. The van der Waals surface area contributed by atoms with Gasteiger partial charge in [0.05, 0.1) is 20.9 Å². The first-order valence-corrected chi connectivity index (χ1v) is 22.5. The standard InChI is InChI=1S/2C24H25NO3S/c2*1-17-9-11-21(12-10-17)29(27,28)25-16-22(18(2)19-7-5-4-6-8-19)23-15-20(26)13-14-24(23,25)3/h2*4-14,22-23H,2,15-16H2,1,3H3/t2*22-,23+,24+/m00/s1. The van der Waals surface area contributed by atoms with Crippen LogP contribution in [-0.2, 0) is 29.6 Å². The lowest BCUT2D eigenvalue weighted by molar-refractivity contribution is -0.117. The van der Waals surface area contributed by atoms with E-state index in [1.165, 1.54) is 12.2 Å². The third kappa shape index (κ3) is 7.43. The first-order valence-electron chi connectivity index (χ1n) is 19.6. The molecule has 0 saturated carbocycles. The molecule has 2 aliphatic heterocycles. The minimum atomic E-state index is -3.72. The Bertz CT molecular complexity index is 2350. The summed E-state index contributed by atoms with van der Waals surface area (Å²) >= 11 is 0. The number of carbonyl (C=O) groups excluding carboxylic acids is 2. The minimum Gasteiger partial charge on any atom is -0.295 e. The molecular formula is C48H50N2O6S2. The van der Waals surface area contributed by atoms with E-state index in [4.69, 9.17) is 0 Å². The molecule has 0 radical (unpaired) electrons. The summed E-state index contributed by atoms with van der Waals surface area (Å²) < 4.78 is 57.4. The van der Waals surface area contributed by atoms with Crippen LogP contribution in [-0.4, -0.2) is 61.2 Å². The van der Waals surface area contributed by atoms with Crippen LogP contribution in [0.25, 0.3) is 11.1 Å². The van der Waals surface area contributed by atoms with Crippen molar-refractivity contribution in [1.82, 2.24) is 8.61 Å². The molecule has 4 aromatic carbocycles. The van der Waals surface area contributed by atoms with E-state index < -0.39 is 31.1 Å². The second-order valence-corrected chi connectivity index (χ2v) is 20.1. The molecule has 2 fully saturated rings. The number of allylic oxidation sites excluding steroid dienone is 2. The van der Waals surface area contributed by atoms with Gasteiger partial charge < -0.3 is 0 Å². The van der Waals surface area contributed by atoms with Crippen LogP contribution in [0.3, 0.4) is 0 Å². The van der Waals surface area contributed by atoms with E-state index in [9.17, 15) is 26.4 Å². The van der Waals surface area contributed by atoms with Crippen molar-refractivity contribution in [2.45, 2.75) is 61.4 Å². The van der Waals surface area contributed by atoms with Crippen LogP contribution in [0.2, 0.25) is 0 Å². The smallest absolute Gasteiger partial charge is 0.243 e. The Balaban J connectivity index is 0.000000177. The van der Waals surface area contributed by atoms with Gasteiger partial charge in [0.2, 0.25) is 20.0 Å². The van der Waals surface area contributed by atoms with Crippen molar-refractivity contribution in [3.05, 3.63) is 169 Å². The van der Waals surface area contributed by atoms with E-state index >= 15 is 0 Å². The number of benzene rings is 4. The number of aryl methyl sites for hydroxylation is 2. The quantitative estimate of drug-likeness (QED) is 0.177. The van der Waals surface area contributed by atoms with Crippen molar-refractivity contribution in [1.29, 1.82) is 0 Å². The molecule has 0 unspecified atom stereocenters. The normalized spacial score (nSPS) is 27.0. The Morgan fingerprint density at radius 3 is 1.21 bits per heavy atom. The first kappa shape index (κ1) is 41.2. The van der Waals surface area contributed by atoms with Crippen molar-refractivity contribution >= 4 is 42.8 Å². The molecule has 58 heavy (non-hydrogen) atoms. The summed E-state index contributed by atoms with van der Waals surface area (Å²) in [5.74, 6) is -0.477. The summed E-state index contributed by atoms with van der Waals surface area (Å²) in [5, 5.41) is 0. The fourth-order valence-corrected chi connectivity index (χ4v) is 12.8. The second kappa shape index (κ2) is 15.6. The summed E-state index contributed by atoms with van der Waals surface area (Å²) in [4.78, 5) is 25.0. The van der Waals surface area contributed by atoms with Crippen LogP contribution >= 0.6 is 0 Å². The summed E-state index contributed by atoms with van der Waals surface area (Å²) in [6.45, 7) is 16.9. The van der Waals surface area contributed by atoms with Crippen LogP contribution in [0.5, 0.6) is 0 Å². The molecule has 10 heteroatoms. The summed E-state index contributed by atoms with van der Waals surface area (Å²) in [6, 6.07) is 33.4. The van der Waals surface area contributed by atoms with E-state index in [1.807, 2.05) is 113 Å². The first-order chi connectivity index (χ1) is 27.5. The maximum Gasteiger partial charge on any atom is 0.243 e. The maximum absolute atomic E-state index is 13.6. The summed E-state index contributed by atoms with van der Waals surface area (Å²) in [5.41, 5.74) is 4.21. The predicted molar refractivity (Wildman–Crippen MR) is 229 cm³/mol. The zero-order valence-corrected chi connectivity index (χ0v) is 35.0. The molecule has 2 heterocycles. The van der Waals surface area contributed by atoms with Crippen LogP contribution < -0.4 is 0 Å². The van der Waals surface area contributed by atoms with Gasteiger partial charge in [-0.2, -0.15) is 8.61 Å². The third-order valence-electron chi connectivity index (χ3n) is 12.7. The number of fused-ring (bicyclic) bond motifs is 2. The molecular weight excluding hydrogens is 765 g/mol. The van der Waals surface area contributed by atoms with Gasteiger partial charge in [0.15, 0.2) is 11.6 Å². The Labute approximate surface area is 343 Å². The highest BCUT2D eigenvalue weighted by atomic mass is 32.2. The number of hydrogen-bond donors (Lipinski definition) is 0. The number of carbonyl (C=O) groups is 2. The summed E-state index contributed by atoms with van der Waals surface area (Å²) in [7, 11) is -7.44. The SMILES string of the molecule is C=C(c1ccccc1)[C@@H]1CN(S(=O)(=O)c2ccc(C)cc2)[C@]2(C)C=CC(=O)C[C@H]12.C=C(c1ccccc1)[C@@H]1CN(S(=O)(=O)c2ccc(C)cc2)[C@]2(C)C=CC(=O)C[C@H]12. The monoisotopic (exact) mass is 814 g/mol. The lowest BCUT2D eigenvalue weighted by Gasteiger charge is -2.38. The zero-order valence-electron chi connectivity index (χ0n) is 33.4. The fourth-order valence-electron chi connectivity index (χ4n) is 9.22. The molecule has 0 aromatic heterocycles. The van der Waals surface area contributed by atoms with Gasteiger partial charge >= 0.3 is 0 Å². The molecule has 2 saturated heterocycles. The highest BCUT2D eigenvalue weighted by Crippen LogP contribution is 2.52. The van der Waals surface area contributed by atoms with Crippen molar-refractivity contribution in [3.8, 4) is 0 Å². The fraction of sp³-hybridized carbons (Fsp3) is 0.292. The molecule has 2 aliphatic carbocycles. The van der Waals surface area contributed by atoms with Crippen LogP contribution in [0.4, 0.5) is 0 Å². The Morgan fingerprint density at radius 2 is 0.879 bits per heavy atom. The maximum atomic E-state index is 13.6.